The van der Waals surface area contributed by atoms with Crippen molar-refractivity contribution in [1.29, 1.82) is 10.5 Å². The lowest BCUT2D eigenvalue weighted by molar-refractivity contribution is -0.117. The topological polar surface area (TPSA) is 227 Å². The summed E-state index contributed by atoms with van der Waals surface area (Å²) in [6.45, 7) is 1.65. The predicted octanol–water partition coefficient (Wildman–Crippen LogP) is 1.45. The maximum absolute atomic E-state index is 12.4. The smallest absolute Gasteiger partial charge is 0.262 e. The van der Waals surface area contributed by atoms with E-state index in [1.54, 1.807) is 19.1 Å². The summed E-state index contributed by atoms with van der Waals surface area (Å²) in [6, 6.07) is 7.09. The lowest BCUT2D eigenvalue weighted by atomic mass is 10.1. The lowest BCUT2D eigenvalue weighted by Gasteiger charge is -2.14. The van der Waals surface area contributed by atoms with Gasteiger partial charge in [-0.05, 0) is 60.9 Å². The fraction of sp³-hybridized carbons (Fsp3) is 0.167. The molecule has 0 saturated carbocycles. The minimum Gasteiger partial charge on any atom is -0.504 e. The number of phenolic OH excluding ortho intramolecular Hbond substituents is 6. The van der Waals surface area contributed by atoms with Crippen LogP contribution in [0.4, 0.5) is 0 Å². The summed E-state index contributed by atoms with van der Waals surface area (Å²) in [4.78, 5) is 24.7. The molecule has 0 aromatic heterocycles. The Kier molecular flexibility index (Phi) is 8.72. The summed E-state index contributed by atoms with van der Waals surface area (Å²) in [5.41, 5.74) is -0.488. The zero-order chi connectivity index (χ0) is 27.0. The van der Waals surface area contributed by atoms with Crippen LogP contribution in [-0.4, -0.2) is 55.0 Å². The van der Waals surface area contributed by atoms with E-state index in [0.29, 0.717) is 0 Å². The van der Waals surface area contributed by atoms with E-state index in [9.17, 15) is 50.8 Å². The molecule has 0 aliphatic rings. The zero-order valence-electron chi connectivity index (χ0n) is 18.8. The second-order valence-corrected chi connectivity index (χ2v) is 7.57. The van der Waals surface area contributed by atoms with E-state index in [-0.39, 0.29) is 35.2 Å². The molecule has 8 N–H and O–H groups in total. The second kappa shape index (κ2) is 11.7. The van der Waals surface area contributed by atoms with Crippen LogP contribution >= 0.6 is 0 Å². The predicted molar refractivity (Wildman–Crippen MR) is 125 cm³/mol. The molecule has 2 aromatic carbocycles. The van der Waals surface area contributed by atoms with E-state index in [1.807, 2.05) is 0 Å². The van der Waals surface area contributed by atoms with Crippen LogP contribution in [0.2, 0.25) is 0 Å². The zero-order valence-corrected chi connectivity index (χ0v) is 18.8. The fourth-order valence-electron chi connectivity index (χ4n) is 2.92. The SMILES string of the molecule is CC(CCNC(=O)/C(C#N)=C/c1cc(O)c(O)c(O)c1)NC(=O)/C(C#N)=C/c1cc(O)c(O)c(O)c1. The van der Waals surface area contributed by atoms with Gasteiger partial charge < -0.3 is 41.3 Å². The first-order valence-corrected chi connectivity index (χ1v) is 10.3. The Morgan fingerprint density at radius 3 is 1.58 bits per heavy atom. The van der Waals surface area contributed by atoms with Crippen molar-refractivity contribution >= 4 is 24.0 Å². The summed E-state index contributed by atoms with van der Waals surface area (Å²) in [5.74, 6) is -5.51. The molecule has 1 atom stereocenters. The minimum absolute atomic E-state index is 0.0384. The number of nitriles is 2. The Hall–Kier alpha value is -5.36. The molecule has 186 valence electrons. The van der Waals surface area contributed by atoms with Gasteiger partial charge in [-0.15, -0.1) is 0 Å². The summed E-state index contributed by atoms with van der Waals surface area (Å²) < 4.78 is 0. The van der Waals surface area contributed by atoms with Crippen LogP contribution < -0.4 is 10.6 Å². The molecule has 2 amide bonds. The van der Waals surface area contributed by atoms with Crippen molar-refractivity contribution in [2.45, 2.75) is 19.4 Å². The van der Waals surface area contributed by atoms with Crippen molar-refractivity contribution in [3.05, 3.63) is 46.5 Å². The molecular formula is C24H22N4O8. The van der Waals surface area contributed by atoms with E-state index < -0.39 is 52.4 Å². The average molecular weight is 494 g/mol. The van der Waals surface area contributed by atoms with Crippen molar-refractivity contribution < 1.29 is 40.2 Å². The van der Waals surface area contributed by atoms with Gasteiger partial charge in [-0.2, -0.15) is 10.5 Å². The van der Waals surface area contributed by atoms with Crippen molar-refractivity contribution in [1.82, 2.24) is 10.6 Å². The largest absolute Gasteiger partial charge is 0.504 e. The molecule has 0 saturated heterocycles. The Bertz CT molecular complexity index is 1290. The Balaban J connectivity index is 1.97. The molecule has 0 bridgehead atoms. The lowest BCUT2D eigenvalue weighted by Crippen LogP contribution is -2.36. The molecule has 36 heavy (non-hydrogen) atoms. The number of nitrogens with zero attached hydrogens (tertiary/aromatic N) is 2. The van der Waals surface area contributed by atoms with Gasteiger partial charge in [-0.1, -0.05) is 0 Å². The Morgan fingerprint density at radius 1 is 0.806 bits per heavy atom. The number of hydrogen-bond donors (Lipinski definition) is 8. The van der Waals surface area contributed by atoms with E-state index in [0.717, 1.165) is 36.4 Å². The molecule has 0 fully saturated rings. The second-order valence-electron chi connectivity index (χ2n) is 7.57. The van der Waals surface area contributed by atoms with Gasteiger partial charge in [-0.25, -0.2) is 0 Å². The highest BCUT2D eigenvalue weighted by Crippen LogP contribution is 2.36. The first kappa shape index (κ1) is 26.9. The van der Waals surface area contributed by atoms with Crippen LogP contribution in [0.15, 0.2) is 35.4 Å². The normalized spacial score (nSPS) is 12.2. The highest BCUT2D eigenvalue weighted by molar-refractivity contribution is 6.02. The quantitative estimate of drug-likeness (QED) is 0.150. The number of hydrogen-bond acceptors (Lipinski definition) is 10. The fourth-order valence-corrected chi connectivity index (χ4v) is 2.92. The standard InChI is InChI=1S/C24H22N4O8/c1-12(28-24(36)16(11-26)5-14-8-19(31)22(34)20(32)9-14)2-3-27-23(35)15(10-25)4-13-6-17(29)21(33)18(30)7-13/h4-9,12,29-34H,2-3H2,1H3,(H,27,35)(H,28,36)/b15-4+,16-5+. The number of nitrogens with one attached hydrogen (secondary N) is 2. The number of phenols is 6. The van der Waals surface area contributed by atoms with Crippen molar-refractivity contribution in [3.63, 3.8) is 0 Å². The molecule has 1 unspecified atom stereocenters. The van der Waals surface area contributed by atoms with Gasteiger partial charge in [0.2, 0.25) is 0 Å². The van der Waals surface area contributed by atoms with Crippen molar-refractivity contribution in [2.75, 3.05) is 6.54 Å². The number of amides is 2. The molecule has 0 radical (unpaired) electrons. The summed E-state index contributed by atoms with van der Waals surface area (Å²) >= 11 is 0. The van der Waals surface area contributed by atoms with Gasteiger partial charge in [0.15, 0.2) is 34.5 Å². The van der Waals surface area contributed by atoms with Gasteiger partial charge in [0.1, 0.15) is 23.3 Å². The molecule has 2 rings (SSSR count). The number of benzene rings is 2. The van der Waals surface area contributed by atoms with Crippen molar-refractivity contribution in [2.24, 2.45) is 0 Å². The monoisotopic (exact) mass is 494 g/mol. The third-order valence-electron chi connectivity index (χ3n) is 4.78. The van der Waals surface area contributed by atoms with Crippen LogP contribution in [0.25, 0.3) is 12.2 Å². The summed E-state index contributed by atoms with van der Waals surface area (Å²) in [7, 11) is 0. The molecule has 0 heterocycles. The molecule has 0 spiro atoms. The third kappa shape index (κ3) is 6.82. The first-order valence-electron chi connectivity index (χ1n) is 10.3. The van der Waals surface area contributed by atoms with Gasteiger partial charge in [0.25, 0.3) is 11.8 Å². The van der Waals surface area contributed by atoms with Crippen molar-refractivity contribution in [3.8, 4) is 46.6 Å². The van der Waals surface area contributed by atoms with E-state index >= 15 is 0 Å². The van der Waals surface area contributed by atoms with Gasteiger partial charge in [0, 0.05) is 12.6 Å². The summed E-state index contributed by atoms with van der Waals surface area (Å²) in [6.07, 6.45) is 2.42. The maximum Gasteiger partial charge on any atom is 0.262 e. The Labute approximate surface area is 204 Å². The van der Waals surface area contributed by atoms with E-state index in [2.05, 4.69) is 10.6 Å². The van der Waals surface area contributed by atoms with Crippen LogP contribution in [0.5, 0.6) is 34.5 Å². The number of carbonyl (C=O) groups excluding carboxylic acids is 2. The molecule has 2 aromatic rings. The molecule has 0 aliphatic carbocycles. The van der Waals surface area contributed by atoms with Crippen LogP contribution in [-0.2, 0) is 9.59 Å². The minimum atomic E-state index is -0.757. The third-order valence-corrected chi connectivity index (χ3v) is 4.78. The first-order chi connectivity index (χ1) is 17.0. The Morgan fingerprint density at radius 2 is 1.19 bits per heavy atom. The van der Waals surface area contributed by atoms with Gasteiger partial charge in [-0.3, -0.25) is 9.59 Å². The number of rotatable bonds is 8. The van der Waals surface area contributed by atoms with E-state index in [1.165, 1.54) is 0 Å². The van der Waals surface area contributed by atoms with Gasteiger partial charge >= 0.3 is 0 Å². The number of carbonyl (C=O) groups is 2. The molecule has 0 aliphatic heterocycles. The molecule has 12 heteroatoms. The molecule has 12 nitrogen and oxygen atoms in total. The van der Waals surface area contributed by atoms with Crippen LogP contribution in [0.3, 0.4) is 0 Å². The van der Waals surface area contributed by atoms with Gasteiger partial charge in [0.05, 0.1) is 0 Å². The van der Waals surface area contributed by atoms with Crippen LogP contribution in [0.1, 0.15) is 24.5 Å². The highest BCUT2D eigenvalue weighted by atomic mass is 16.3. The average Bonchev–Trinajstić information content (AvgIpc) is 2.82. The van der Waals surface area contributed by atoms with E-state index in [4.69, 9.17) is 0 Å². The molecular weight excluding hydrogens is 472 g/mol. The van der Waals surface area contributed by atoms with Crippen LogP contribution in [0, 0.1) is 22.7 Å². The maximum atomic E-state index is 12.4. The number of aromatic hydroxyl groups is 6. The highest BCUT2D eigenvalue weighted by Gasteiger charge is 2.16. The summed E-state index contributed by atoms with van der Waals surface area (Å²) in [5, 5.41) is 80.5.